The third-order valence-corrected chi connectivity index (χ3v) is 3.68. The molecule has 0 aliphatic carbocycles. The second kappa shape index (κ2) is 6.17. The van der Waals surface area contributed by atoms with Crippen LogP contribution in [0.5, 0.6) is 0 Å². The number of nitrogens with zero attached hydrogens (tertiary/aromatic N) is 3. The summed E-state index contributed by atoms with van der Waals surface area (Å²) in [5, 5.41) is 10.2. The Morgan fingerprint density at radius 2 is 1.73 bits per heavy atom. The molecule has 2 heterocycles. The zero-order chi connectivity index (χ0) is 16.4. The third kappa shape index (κ3) is 3.10. The molecule has 6 heteroatoms. The molecule has 118 valence electrons. The first kappa shape index (κ1) is 16.0. The van der Waals surface area contributed by atoms with E-state index in [1.54, 1.807) is 0 Å². The molecular weight excluding hydrogens is 278 g/mol. The minimum atomic E-state index is -0.279. The van der Waals surface area contributed by atoms with E-state index in [0.717, 1.165) is 46.3 Å². The quantitative estimate of drug-likeness (QED) is 0.911. The summed E-state index contributed by atoms with van der Waals surface area (Å²) >= 11 is 0. The van der Waals surface area contributed by atoms with Gasteiger partial charge in [-0.05, 0) is 53.2 Å². The van der Waals surface area contributed by atoms with Crippen LogP contribution in [0.15, 0.2) is 6.07 Å². The second-order valence-corrected chi connectivity index (χ2v) is 5.48. The van der Waals surface area contributed by atoms with E-state index in [0.29, 0.717) is 0 Å². The van der Waals surface area contributed by atoms with Crippen LogP contribution in [0.1, 0.15) is 35.3 Å². The van der Waals surface area contributed by atoms with Crippen molar-refractivity contribution >= 4 is 17.4 Å². The van der Waals surface area contributed by atoms with Gasteiger partial charge in [0.15, 0.2) is 0 Å². The molecule has 2 aromatic rings. The maximum Gasteiger partial charge on any atom is 0.323 e. The Morgan fingerprint density at radius 3 is 2.27 bits per heavy atom. The zero-order valence-corrected chi connectivity index (χ0v) is 14.0. The molecule has 22 heavy (non-hydrogen) atoms. The Bertz CT molecular complexity index is 695. The van der Waals surface area contributed by atoms with Crippen LogP contribution in [-0.2, 0) is 6.54 Å². The molecule has 0 saturated heterocycles. The largest absolute Gasteiger partial charge is 0.323 e. The van der Waals surface area contributed by atoms with Gasteiger partial charge in [0.25, 0.3) is 0 Å². The van der Waals surface area contributed by atoms with Crippen molar-refractivity contribution in [3.8, 4) is 0 Å². The van der Waals surface area contributed by atoms with E-state index < -0.39 is 0 Å². The second-order valence-electron chi connectivity index (χ2n) is 5.48. The van der Waals surface area contributed by atoms with Crippen LogP contribution in [0, 0.1) is 34.6 Å². The van der Waals surface area contributed by atoms with E-state index in [2.05, 4.69) is 20.7 Å². The monoisotopic (exact) mass is 301 g/mol. The molecular formula is C16H23N5O. The standard InChI is InChI=1S/C16H23N5O/c1-7-21-13(6)15(12(5)20-21)19-16(22)18-14-9(2)8-10(3)17-11(14)4/h8H,7H2,1-6H3,(H2,18,19,22). The molecule has 0 unspecified atom stereocenters. The van der Waals surface area contributed by atoms with E-state index in [4.69, 9.17) is 0 Å². The first-order chi connectivity index (χ1) is 10.3. The molecule has 0 saturated carbocycles. The lowest BCUT2D eigenvalue weighted by Crippen LogP contribution is -2.21. The number of hydrogen-bond donors (Lipinski definition) is 2. The maximum absolute atomic E-state index is 12.3. The highest BCUT2D eigenvalue weighted by Gasteiger charge is 2.15. The van der Waals surface area contributed by atoms with Crippen molar-refractivity contribution in [3.63, 3.8) is 0 Å². The Labute approximate surface area is 130 Å². The minimum Gasteiger partial charge on any atom is -0.306 e. The topological polar surface area (TPSA) is 71.8 Å². The molecule has 2 N–H and O–H groups in total. The van der Waals surface area contributed by atoms with Crippen LogP contribution in [0.4, 0.5) is 16.2 Å². The van der Waals surface area contributed by atoms with Crippen molar-refractivity contribution in [1.29, 1.82) is 0 Å². The van der Waals surface area contributed by atoms with Gasteiger partial charge < -0.3 is 10.6 Å². The fourth-order valence-corrected chi connectivity index (χ4v) is 2.66. The summed E-state index contributed by atoms with van der Waals surface area (Å²) in [6, 6.07) is 1.67. The number of aromatic nitrogens is 3. The van der Waals surface area contributed by atoms with Gasteiger partial charge >= 0.3 is 6.03 Å². The lowest BCUT2D eigenvalue weighted by Gasteiger charge is -2.13. The average Bonchev–Trinajstić information content (AvgIpc) is 2.70. The molecule has 0 spiro atoms. The summed E-state index contributed by atoms with van der Waals surface area (Å²) in [7, 11) is 0. The van der Waals surface area contributed by atoms with E-state index in [1.165, 1.54) is 0 Å². The molecule has 0 aliphatic rings. The van der Waals surface area contributed by atoms with Gasteiger partial charge in [0.2, 0.25) is 0 Å². The van der Waals surface area contributed by atoms with Crippen molar-refractivity contribution in [2.45, 2.75) is 48.1 Å². The van der Waals surface area contributed by atoms with Crippen LogP contribution >= 0.6 is 0 Å². The van der Waals surface area contributed by atoms with Crippen molar-refractivity contribution in [3.05, 3.63) is 34.4 Å². The highest BCUT2D eigenvalue weighted by molar-refractivity contribution is 6.01. The first-order valence-corrected chi connectivity index (χ1v) is 7.40. The number of carbonyl (C=O) groups is 1. The number of urea groups is 1. The van der Waals surface area contributed by atoms with Crippen LogP contribution in [-0.4, -0.2) is 20.8 Å². The van der Waals surface area contributed by atoms with Crippen LogP contribution in [0.3, 0.4) is 0 Å². The van der Waals surface area contributed by atoms with Crippen molar-refractivity contribution in [2.24, 2.45) is 0 Å². The van der Waals surface area contributed by atoms with E-state index in [1.807, 2.05) is 52.3 Å². The van der Waals surface area contributed by atoms with Gasteiger partial charge in [-0.2, -0.15) is 5.10 Å². The molecule has 0 aliphatic heterocycles. The van der Waals surface area contributed by atoms with Gasteiger partial charge in [0.05, 0.1) is 28.5 Å². The lowest BCUT2D eigenvalue weighted by molar-refractivity contribution is 0.262. The Morgan fingerprint density at radius 1 is 1.09 bits per heavy atom. The van der Waals surface area contributed by atoms with Crippen molar-refractivity contribution in [1.82, 2.24) is 14.8 Å². The number of pyridine rings is 1. The number of amides is 2. The fourth-order valence-electron chi connectivity index (χ4n) is 2.66. The average molecular weight is 301 g/mol. The third-order valence-electron chi connectivity index (χ3n) is 3.68. The summed E-state index contributed by atoms with van der Waals surface area (Å²) in [5.41, 5.74) is 6.02. The molecule has 2 rings (SSSR count). The summed E-state index contributed by atoms with van der Waals surface area (Å²) in [5.74, 6) is 0. The van der Waals surface area contributed by atoms with Gasteiger partial charge in [-0.15, -0.1) is 0 Å². The maximum atomic E-state index is 12.3. The van der Waals surface area contributed by atoms with Crippen LogP contribution < -0.4 is 10.6 Å². The van der Waals surface area contributed by atoms with Crippen molar-refractivity contribution < 1.29 is 4.79 Å². The number of rotatable bonds is 3. The molecule has 0 atom stereocenters. The van der Waals surface area contributed by atoms with Gasteiger partial charge in [-0.25, -0.2) is 4.79 Å². The molecule has 0 bridgehead atoms. The van der Waals surface area contributed by atoms with E-state index in [9.17, 15) is 4.79 Å². The van der Waals surface area contributed by atoms with Gasteiger partial charge in [0.1, 0.15) is 0 Å². The summed E-state index contributed by atoms with van der Waals surface area (Å²) in [6.07, 6.45) is 0. The molecule has 6 nitrogen and oxygen atoms in total. The number of hydrogen-bond acceptors (Lipinski definition) is 3. The number of nitrogens with one attached hydrogen (secondary N) is 2. The smallest absolute Gasteiger partial charge is 0.306 e. The SMILES string of the molecule is CCn1nc(C)c(NC(=O)Nc2c(C)cc(C)nc2C)c1C. The van der Waals surface area contributed by atoms with E-state index >= 15 is 0 Å². The predicted octanol–water partition coefficient (Wildman–Crippen LogP) is 3.48. The Hall–Kier alpha value is -2.37. The van der Waals surface area contributed by atoms with Gasteiger partial charge in [-0.3, -0.25) is 9.67 Å². The number of carbonyl (C=O) groups excluding carboxylic acids is 1. The highest BCUT2D eigenvalue weighted by Crippen LogP contribution is 2.22. The van der Waals surface area contributed by atoms with Crippen LogP contribution in [0.2, 0.25) is 0 Å². The first-order valence-electron chi connectivity index (χ1n) is 7.40. The Balaban J connectivity index is 2.20. The zero-order valence-electron chi connectivity index (χ0n) is 14.0. The molecule has 2 aromatic heterocycles. The molecule has 0 aromatic carbocycles. The molecule has 0 radical (unpaired) electrons. The number of aryl methyl sites for hydroxylation is 5. The van der Waals surface area contributed by atoms with Crippen molar-refractivity contribution in [2.75, 3.05) is 10.6 Å². The minimum absolute atomic E-state index is 0.279. The fraction of sp³-hybridized carbons (Fsp3) is 0.438. The molecule has 0 fully saturated rings. The molecule has 2 amide bonds. The normalized spacial score (nSPS) is 10.6. The van der Waals surface area contributed by atoms with Gasteiger partial charge in [0, 0.05) is 12.2 Å². The highest BCUT2D eigenvalue weighted by atomic mass is 16.2. The lowest BCUT2D eigenvalue weighted by atomic mass is 10.1. The Kier molecular flexibility index (Phi) is 4.49. The van der Waals surface area contributed by atoms with Gasteiger partial charge in [-0.1, -0.05) is 0 Å². The summed E-state index contributed by atoms with van der Waals surface area (Å²) < 4.78 is 1.87. The van der Waals surface area contributed by atoms with Crippen LogP contribution in [0.25, 0.3) is 0 Å². The predicted molar refractivity (Wildman–Crippen MR) is 88.5 cm³/mol. The summed E-state index contributed by atoms with van der Waals surface area (Å²) in [6.45, 7) is 12.4. The number of anilines is 2. The summed E-state index contributed by atoms with van der Waals surface area (Å²) in [4.78, 5) is 16.7. The van der Waals surface area contributed by atoms with E-state index in [-0.39, 0.29) is 6.03 Å².